The minimum absolute atomic E-state index is 0.135. The molecule has 0 fully saturated rings. The Bertz CT molecular complexity index is 1140. The van der Waals surface area contributed by atoms with Gasteiger partial charge < -0.3 is 34.9 Å². The van der Waals surface area contributed by atoms with Gasteiger partial charge in [-0.1, -0.05) is 44.2 Å². The average molecular weight is 540 g/mol. The molecule has 2 aromatic carbocycles. The fraction of sp³-hybridized carbons (Fsp3) is 0.517. The molecule has 0 bridgehead atoms. The third-order valence-electron chi connectivity index (χ3n) is 7.30. The molecule has 1 aliphatic carbocycles. The van der Waals surface area contributed by atoms with E-state index in [1.54, 1.807) is 21.3 Å². The summed E-state index contributed by atoms with van der Waals surface area (Å²) >= 11 is 0. The number of carbonyl (C=O) groups excluding carboxylic acids is 2. The lowest BCUT2D eigenvalue weighted by atomic mass is 9.75. The van der Waals surface area contributed by atoms with Crippen molar-refractivity contribution in [1.29, 1.82) is 0 Å². The number of amides is 2. The van der Waals surface area contributed by atoms with E-state index < -0.39 is 25.0 Å². The summed E-state index contributed by atoms with van der Waals surface area (Å²) in [4.78, 5) is 26.9. The van der Waals surface area contributed by atoms with Gasteiger partial charge >= 0.3 is 7.12 Å². The Morgan fingerprint density at radius 3 is 2.18 bits per heavy atom. The molecule has 2 aromatic rings. The van der Waals surface area contributed by atoms with Crippen LogP contribution in [0.1, 0.15) is 48.9 Å². The maximum Gasteiger partial charge on any atom is 0.475 e. The Labute approximate surface area is 231 Å². The van der Waals surface area contributed by atoms with Crippen LogP contribution in [0.4, 0.5) is 0 Å². The molecule has 3 atom stereocenters. The van der Waals surface area contributed by atoms with Crippen molar-refractivity contribution in [1.82, 2.24) is 10.6 Å². The van der Waals surface area contributed by atoms with Crippen LogP contribution in [0.15, 0.2) is 30.3 Å². The van der Waals surface area contributed by atoms with E-state index in [2.05, 4.69) is 10.6 Å². The maximum atomic E-state index is 13.6. The first kappa shape index (κ1) is 30.3. The second-order valence-corrected chi connectivity index (χ2v) is 10.5. The van der Waals surface area contributed by atoms with Gasteiger partial charge in [0.05, 0.1) is 27.3 Å². The van der Waals surface area contributed by atoms with Crippen molar-refractivity contribution in [3.05, 3.63) is 52.6 Å². The van der Waals surface area contributed by atoms with Crippen LogP contribution < -0.4 is 24.8 Å². The summed E-state index contributed by atoms with van der Waals surface area (Å²) in [6, 6.07) is 8.53. The summed E-state index contributed by atoms with van der Waals surface area (Å²) in [5.41, 5.74) is 3.55. The number of ether oxygens (including phenoxy) is 3. The van der Waals surface area contributed by atoms with Crippen LogP contribution in [0.25, 0.3) is 0 Å². The van der Waals surface area contributed by atoms with Crippen LogP contribution in [0.5, 0.6) is 17.2 Å². The molecular weight excluding hydrogens is 499 g/mol. The fourth-order valence-electron chi connectivity index (χ4n) is 5.42. The number of fused-ring (bicyclic) bond motifs is 1. The molecule has 9 nitrogen and oxygen atoms in total. The van der Waals surface area contributed by atoms with E-state index in [1.165, 1.54) is 0 Å². The standard InChI is InChI=1S/C29H41BN2O7/c1-17(2)14-24(30(35)36)32-29(34)23(15-19-10-8-7-9-11-19)31-28(33)20-12-13-21-22(16-20)25(37-4)18(3)26(38-5)27(21)39-6/h7-11,17,20,23-24,35-36H,12-16H2,1-6H3,(H,31,33)(H,32,34)/t20?,23-,24-/m0/s1. The van der Waals surface area contributed by atoms with E-state index in [-0.39, 0.29) is 24.2 Å². The van der Waals surface area contributed by atoms with Crippen LogP contribution in [0, 0.1) is 18.8 Å². The summed E-state index contributed by atoms with van der Waals surface area (Å²) in [5, 5.41) is 25.4. The number of nitrogens with one attached hydrogen (secondary N) is 2. The Hall–Kier alpha value is -3.24. The van der Waals surface area contributed by atoms with Gasteiger partial charge in [-0.05, 0) is 44.1 Å². The summed E-state index contributed by atoms with van der Waals surface area (Å²) in [6.07, 6.45) is 2.24. The zero-order valence-corrected chi connectivity index (χ0v) is 23.7. The predicted octanol–water partition coefficient (Wildman–Crippen LogP) is 2.40. The molecule has 212 valence electrons. The topological polar surface area (TPSA) is 126 Å². The van der Waals surface area contributed by atoms with Crippen molar-refractivity contribution in [2.24, 2.45) is 11.8 Å². The van der Waals surface area contributed by atoms with E-state index in [0.29, 0.717) is 42.9 Å². The van der Waals surface area contributed by atoms with Crippen molar-refractivity contribution in [2.45, 2.75) is 64.9 Å². The number of hydrogen-bond acceptors (Lipinski definition) is 7. The quantitative estimate of drug-likeness (QED) is 0.305. The number of hydrogen-bond donors (Lipinski definition) is 4. The second kappa shape index (κ2) is 13.7. The molecule has 0 heterocycles. The SMILES string of the molecule is COc1c(C)c(OC)c(OC)c2c1CC(C(=O)N[C@@H](Cc1ccccc1)C(=O)N[C@@H](CC(C)C)B(O)O)CC2. The zero-order valence-electron chi connectivity index (χ0n) is 23.7. The molecule has 0 aliphatic heterocycles. The van der Waals surface area contributed by atoms with Crippen molar-refractivity contribution in [3.63, 3.8) is 0 Å². The summed E-state index contributed by atoms with van der Waals surface area (Å²) < 4.78 is 17.0. The van der Waals surface area contributed by atoms with Gasteiger partial charge in [-0.25, -0.2) is 0 Å². The third-order valence-corrected chi connectivity index (χ3v) is 7.30. The maximum absolute atomic E-state index is 13.6. The van der Waals surface area contributed by atoms with Gasteiger partial charge in [-0.2, -0.15) is 0 Å². The average Bonchev–Trinajstić information content (AvgIpc) is 2.91. The van der Waals surface area contributed by atoms with Gasteiger partial charge in [-0.3, -0.25) is 9.59 Å². The van der Waals surface area contributed by atoms with Crippen LogP contribution in [0.2, 0.25) is 0 Å². The minimum atomic E-state index is -1.71. The number of benzene rings is 2. The smallest absolute Gasteiger partial charge is 0.475 e. The molecule has 0 aromatic heterocycles. The Morgan fingerprint density at radius 2 is 1.62 bits per heavy atom. The lowest BCUT2D eigenvalue weighted by Gasteiger charge is -2.30. The molecule has 39 heavy (non-hydrogen) atoms. The molecule has 1 unspecified atom stereocenters. The Morgan fingerprint density at radius 1 is 0.974 bits per heavy atom. The summed E-state index contributed by atoms with van der Waals surface area (Å²) in [6.45, 7) is 5.77. The van der Waals surface area contributed by atoms with Gasteiger partial charge in [0.25, 0.3) is 0 Å². The van der Waals surface area contributed by atoms with Gasteiger partial charge in [0.1, 0.15) is 11.8 Å². The van der Waals surface area contributed by atoms with Gasteiger partial charge in [0.15, 0.2) is 11.5 Å². The highest BCUT2D eigenvalue weighted by Gasteiger charge is 2.35. The van der Waals surface area contributed by atoms with Crippen LogP contribution in [-0.2, 0) is 28.9 Å². The molecule has 0 saturated carbocycles. The highest BCUT2D eigenvalue weighted by atomic mass is 16.5. The monoisotopic (exact) mass is 540 g/mol. The largest absolute Gasteiger partial charge is 0.496 e. The highest BCUT2D eigenvalue weighted by Crippen LogP contribution is 2.47. The molecule has 10 heteroatoms. The molecular formula is C29H41BN2O7. The van der Waals surface area contributed by atoms with Gasteiger partial charge in [0, 0.05) is 29.0 Å². The van der Waals surface area contributed by atoms with E-state index in [0.717, 1.165) is 22.3 Å². The first-order valence-electron chi connectivity index (χ1n) is 13.4. The van der Waals surface area contributed by atoms with E-state index >= 15 is 0 Å². The predicted molar refractivity (Wildman–Crippen MR) is 150 cm³/mol. The van der Waals surface area contributed by atoms with E-state index in [1.807, 2.05) is 51.1 Å². The van der Waals surface area contributed by atoms with Crippen molar-refractivity contribution in [3.8, 4) is 17.2 Å². The Kier molecular flexibility index (Phi) is 10.7. The van der Waals surface area contributed by atoms with Crippen molar-refractivity contribution >= 4 is 18.9 Å². The van der Waals surface area contributed by atoms with E-state index in [4.69, 9.17) is 14.2 Å². The fourth-order valence-corrected chi connectivity index (χ4v) is 5.42. The number of methoxy groups -OCH3 is 3. The lowest BCUT2D eigenvalue weighted by Crippen LogP contribution is -2.55. The highest BCUT2D eigenvalue weighted by molar-refractivity contribution is 6.43. The number of carbonyl (C=O) groups is 2. The molecule has 4 N–H and O–H groups in total. The molecule has 0 saturated heterocycles. The van der Waals surface area contributed by atoms with Crippen molar-refractivity contribution in [2.75, 3.05) is 21.3 Å². The minimum Gasteiger partial charge on any atom is -0.496 e. The lowest BCUT2D eigenvalue weighted by molar-refractivity contribution is -0.131. The zero-order chi connectivity index (χ0) is 28.7. The summed E-state index contributed by atoms with van der Waals surface area (Å²) in [5.74, 6) is 0.164. The Balaban J connectivity index is 1.85. The van der Waals surface area contributed by atoms with Gasteiger partial charge in [-0.15, -0.1) is 0 Å². The van der Waals surface area contributed by atoms with Crippen molar-refractivity contribution < 1.29 is 33.8 Å². The van der Waals surface area contributed by atoms with E-state index in [9.17, 15) is 19.6 Å². The molecule has 1 aliphatic rings. The summed E-state index contributed by atoms with van der Waals surface area (Å²) in [7, 11) is 3.09. The molecule has 3 rings (SSSR count). The first-order chi connectivity index (χ1) is 18.6. The number of rotatable bonds is 12. The first-order valence-corrected chi connectivity index (χ1v) is 13.4. The van der Waals surface area contributed by atoms with Crippen LogP contribution in [0.3, 0.4) is 0 Å². The third kappa shape index (κ3) is 7.25. The molecule has 0 spiro atoms. The normalized spacial score (nSPS) is 16.1. The van der Waals surface area contributed by atoms with Crippen LogP contribution in [-0.4, -0.2) is 62.3 Å². The van der Waals surface area contributed by atoms with Gasteiger partial charge in [0.2, 0.25) is 11.8 Å². The molecule has 2 amide bonds. The van der Waals surface area contributed by atoms with Crippen LogP contribution >= 0.6 is 0 Å². The second-order valence-electron chi connectivity index (χ2n) is 10.5. The molecule has 0 radical (unpaired) electrons.